The minimum absolute atomic E-state index is 0.167. The van der Waals surface area contributed by atoms with Crippen LogP contribution in [-0.2, 0) is 16.6 Å². The molecule has 0 aliphatic rings. The van der Waals surface area contributed by atoms with Gasteiger partial charge >= 0.3 is 5.97 Å². The van der Waals surface area contributed by atoms with Crippen LogP contribution in [0.2, 0.25) is 0 Å². The average Bonchev–Trinajstić information content (AvgIpc) is 3.07. The van der Waals surface area contributed by atoms with Gasteiger partial charge in [0, 0.05) is 18.3 Å². The topological polar surface area (TPSA) is 86.1 Å². The molecular weight excluding hydrogens is 400 g/mol. The Hall–Kier alpha value is -3.13. The fraction of sp³-hybridized carbons (Fsp3) is 0.273. The highest BCUT2D eigenvalue weighted by Gasteiger charge is 2.15. The average molecular weight is 425 g/mol. The summed E-state index contributed by atoms with van der Waals surface area (Å²) in [5.41, 5.74) is 3.05. The lowest BCUT2D eigenvalue weighted by Gasteiger charge is -2.10. The minimum Gasteiger partial charge on any atom is -0.459 e. The number of nitrogens with one attached hydrogen (secondary N) is 1. The molecule has 0 saturated carbocycles. The monoisotopic (exact) mass is 424 g/mol. The number of rotatable bonds is 7. The molecule has 0 aliphatic heterocycles. The van der Waals surface area contributed by atoms with Crippen molar-refractivity contribution >= 4 is 29.3 Å². The Kier molecular flexibility index (Phi) is 6.89. The Bertz CT molecular complexity index is 1060. The first-order chi connectivity index (χ1) is 14.3. The van der Waals surface area contributed by atoms with E-state index in [1.807, 2.05) is 42.8 Å². The third kappa shape index (κ3) is 5.27. The van der Waals surface area contributed by atoms with Crippen molar-refractivity contribution in [2.24, 2.45) is 7.05 Å². The number of aryl methyl sites for hydroxylation is 1. The lowest BCUT2D eigenvalue weighted by molar-refractivity contribution is -0.113. The molecule has 156 valence electrons. The van der Waals surface area contributed by atoms with Crippen LogP contribution in [0.4, 0.5) is 5.69 Å². The summed E-state index contributed by atoms with van der Waals surface area (Å²) >= 11 is 1.30. The van der Waals surface area contributed by atoms with E-state index in [1.165, 1.54) is 11.8 Å². The van der Waals surface area contributed by atoms with Gasteiger partial charge in [0.1, 0.15) is 0 Å². The first-order valence-electron chi connectivity index (χ1n) is 9.54. The van der Waals surface area contributed by atoms with Crippen molar-refractivity contribution in [1.82, 2.24) is 14.8 Å². The first kappa shape index (κ1) is 21.6. The zero-order valence-corrected chi connectivity index (χ0v) is 18.2. The Morgan fingerprint density at radius 2 is 1.90 bits per heavy atom. The zero-order chi connectivity index (χ0) is 21.7. The quantitative estimate of drug-likeness (QED) is 0.454. The number of hydrogen-bond acceptors (Lipinski definition) is 6. The Morgan fingerprint density at radius 1 is 1.13 bits per heavy atom. The molecule has 1 N–H and O–H groups in total. The molecular formula is C22H24N4O3S. The van der Waals surface area contributed by atoms with Gasteiger partial charge in [-0.25, -0.2) is 4.79 Å². The number of ether oxygens (including phenoxy) is 1. The number of esters is 1. The molecule has 1 aromatic heterocycles. The van der Waals surface area contributed by atoms with E-state index in [4.69, 9.17) is 4.74 Å². The lowest BCUT2D eigenvalue weighted by Crippen LogP contribution is -2.16. The van der Waals surface area contributed by atoms with E-state index in [0.29, 0.717) is 16.4 Å². The molecule has 1 amide bonds. The number of amides is 1. The van der Waals surface area contributed by atoms with Crippen LogP contribution >= 0.6 is 11.8 Å². The largest absolute Gasteiger partial charge is 0.459 e. The fourth-order valence-electron chi connectivity index (χ4n) is 2.83. The summed E-state index contributed by atoms with van der Waals surface area (Å²) in [7, 11) is 1.88. The van der Waals surface area contributed by atoms with Crippen molar-refractivity contribution < 1.29 is 14.3 Å². The summed E-state index contributed by atoms with van der Waals surface area (Å²) in [6.07, 6.45) is -0.205. The molecule has 7 nitrogen and oxygen atoms in total. The summed E-state index contributed by atoms with van der Waals surface area (Å²) in [4.78, 5) is 24.4. The normalized spacial score (nSPS) is 10.8. The number of nitrogens with zero attached hydrogens (tertiary/aromatic N) is 3. The van der Waals surface area contributed by atoms with E-state index in [-0.39, 0.29) is 17.8 Å². The van der Waals surface area contributed by atoms with Crippen molar-refractivity contribution in [1.29, 1.82) is 0 Å². The van der Waals surface area contributed by atoms with Gasteiger partial charge in [-0.3, -0.25) is 4.79 Å². The van der Waals surface area contributed by atoms with Crippen LogP contribution in [0.1, 0.15) is 29.8 Å². The number of carbonyl (C=O) groups excluding carboxylic acids is 2. The van der Waals surface area contributed by atoms with Crippen LogP contribution < -0.4 is 5.32 Å². The third-order valence-electron chi connectivity index (χ3n) is 4.28. The van der Waals surface area contributed by atoms with Gasteiger partial charge in [-0.05, 0) is 44.5 Å². The molecule has 8 heteroatoms. The maximum Gasteiger partial charge on any atom is 0.338 e. The highest BCUT2D eigenvalue weighted by molar-refractivity contribution is 7.99. The van der Waals surface area contributed by atoms with Crippen molar-refractivity contribution in [3.8, 4) is 11.4 Å². The number of hydrogen-bond donors (Lipinski definition) is 1. The van der Waals surface area contributed by atoms with Crippen LogP contribution in [0.5, 0.6) is 0 Å². The van der Waals surface area contributed by atoms with Crippen molar-refractivity contribution in [3.05, 3.63) is 59.7 Å². The molecule has 1 heterocycles. The maximum atomic E-state index is 12.4. The van der Waals surface area contributed by atoms with E-state index in [0.717, 1.165) is 17.0 Å². The van der Waals surface area contributed by atoms with Gasteiger partial charge in [-0.2, -0.15) is 0 Å². The van der Waals surface area contributed by atoms with Gasteiger partial charge in [0.2, 0.25) is 5.91 Å². The molecule has 0 bridgehead atoms. The number of carbonyl (C=O) groups is 2. The Morgan fingerprint density at radius 3 is 2.63 bits per heavy atom. The van der Waals surface area contributed by atoms with Crippen molar-refractivity contribution in [2.75, 3.05) is 11.1 Å². The molecule has 0 saturated heterocycles. The molecule has 0 aliphatic carbocycles. The van der Waals surface area contributed by atoms with E-state index in [9.17, 15) is 9.59 Å². The van der Waals surface area contributed by atoms with Crippen LogP contribution in [0, 0.1) is 6.92 Å². The summed E-state index contributed by atoms with van der Waals surface area (Å²) in [6, 6.07) is 14.7. The summed E-state index contributed by atoms with van der Waals surface area (Å²) in [5.74, 6) is 0.306. The van der Waals surface area contributed by atoms with E-state index in [1.54, 1.807) is 38.1 Å². The number of benzene rings is 2. The number of aromatic nitrogens is 3. The fourth-order valence-corrected chi connectivity index (χ4v) is 3.54. The highest BCUT2D eigenvalue weighted by Crippen LogP contribution is 2.25. The molecule has 0 radical (unpaired) electrons. The second-order valence-electron chi connectivity index (χ2n) is 7.05. The zero-order valence-electron chi connectivity index (χ0n) is 17.4. The summed E-state index contributed by atoms with van der Waals surface area (Å²) < 4.78 is 7.07. The smallest absolute Gasteiger partial charge is 0.338 e. The SMILES string of the molecule is Cc1ccccc1-c1nnc(SCC(=O)Nc2cccc(C(=O)OC(C)C)c2)n1C. The third-order valence-corrected chi connectivity index (χ3v) is 5.30. The highest BCUT2D eigenvalue weighted by atomic mass is 32.2. The van der Waals surface area contributed by atoms with Crippen molar-refractivity contribution in [3.63, 3.8) is 0 Å². The van der Waals surface area contributed by atoms with Gasteiger partial charge in [0.25, 0.3) is 0 Å². The second kappa shape index (κ2) is 9.58. The molecule has 0 spiro atoms. The molecule has 0 unspecified atom stereocenters. The van der Waals surface area contributed by atoms with E-state index >= 15 is 0 Å². The van der Waals surface area contributed by atoms with Crippen LogP contribution in [0.3, 0.4) is 0 Å². The maximum absolute atomic E-state index is 12.4. The Labute approximate surface area is 179 Å². The van der Waals surface area contributed by atoms with Crippen LogP contribution in [0.25, 0.3) is 11.4 Å². The predicted octanol–water partition coefficient (Wildman–Crippen LogP) is 4.09. The van der Waals surface area contributed by atoms with Gasteiger partial charge in [-0.1, -0.05) is 42.1 Å². The number of anilines is 1. The summed E-state index contributed by atoms with van der Waals surface area (Å²) in [6.45, 7) is 5.60. The van der Waals surface area contributed by atoms with Crippen LogP contribution in [0.15, 0.2) is 53.7 Å². The number of thioether (sulfide) groups is 1. The Balaban J connectivity index is 1.62. The second-order valence-corrected chi connectivity index (χ2v) is 7.99. The first-order valence-corrected chi connectivity index (χ1v) is 10.5. The van der Waals surface area contributed by atoms with Crippen molar-refractivity contribution in [2.45, 2.75) is 32.0 Å². The molecule has 30 heavy (non-hydrogen) atoms. The predicted molar refractivity (Wildman–Crippen MR) is 118 cm³/mol. The minimum atomic E-state index is -0.418. The van der Waals surface area contributed by atoms with Gasteiger partial charge in [-0.15, -0.1) is 10.2 Å². The van der Waals surface area contributed by atoms with Gasteiger partial charge in [0.15, 0.2) is 11.0 Å². The molecule has 3 rings (SSSR count). The standard InChI is InChI=1S/C22H24N4O3S/c1-14(2)29-21(28)16-9-7-10-17(12-16)23-19(27)13-30-22-25-24-20(26(22)4)18-11-6-5-8-15(18)3/h5-12,14H,13H2,1-4H3,(H,23,27). The van der Waals surface area contributed by atoms with E-state index in [2.05, 4.69) is 15.5 Å². The van der Waals surface area contributed by atoms with E-state index < -0.39 is 5.97 Å². The molecule has 2 aromatic carbocycles. The lowest BCUT2D eigenvalue weighted by atomic mass is 10.1. The molecule has 0 atom stereocenters. The van der Waals surface area contributed by atoms with Crippen LogP contribution in [-0.4, -0.2) is 38.5 Å². The van der Waals surface area contributed by atoms with Gasteiger partial charge < -0.3 is 14.6 Å². The molecule has 0 fully saturated rings. The van der Waals surface area contributed by atoms with Gasteiger partial charge in [0.05, 0.1) is 17.4 Å². The summed E-state index contributed by atoms with van der Waals surface area (Å²) in [5, 5.41) is 11.9. The molecule has 3 aromatic rings.